The van der Waals surface area contributed by atoms with Crippen LogP contribution in [0.1, 0.15) is 18.4 Å². The second-order valence-electron chi connectivity index (χ2n) is 3.87. The molecular weight excluding hydrogens is 256 g/mol. The molecule has 0 radical (unpaired) electrons. The standard InChI is InChI=1S/C12H14O3S2/c1-16-17-10-4-2-3-8-5-6-9(7-11(13)14)15-12(8)10/h2-4,9H,5-7H2,1H3,(H,13,14). The largest absolute Gasteiger partial charge is 0.488 e. The number of aryl methyl sites for hydroxylation is 1. The Hall–Kier alpha value is -0.810. The van der Waals surface area contributed by atoms with Gasteiger partial charge in [0.25, 0.3) is 0 Å². The Morgan fingerprint density at radius 2 is 2.41 bits per heavy atom. The van der Waals surface area contributed by atoms with Crippen LogP contribution in [0.2, 0.25) is 0 Å². The lowest BCUT2D eigenvalue weighted by Gasteiger charge is -2.26. The molecule has 1 N–H and O–H groups in total. The number of ether oxygens (including phenoxy) is 1. The molecule has 0 spiro atoms. The van der Waals surface area contributed by atoms with Gasteiger partial charge in [-0.3, -0.25) is 4.79 Å². The Morgan fingerprint density at radius 1 is 1.59 bits per heavy atom. The van der Waals surface area contributed by atoms with Gasteiger partial charge in [-0.2, -0.15) is 0 Å². The molecule has 1 unspecified atom stereocenters. The molecule has 1 aliphatic heterocycles. The summed E-state index contributed by atoms with van der Waals surface area (Å²) in [6, 6.07) is 6.10. The molecule has 1 atom stereocenters. The van der Waals surface area contributed by atoms with Crippen molar-refractivity contribution in [1.82, 2.24) is 0 Å². The number of rotatable bonds is 4. The van der Waals surface area contributed by atoms with Crippen LogP contribution in [-0.2, 0) is 11.2 Å². The van der Waals surface area contributed by atoms with Crippen LogP contribution in [0.3, 0.4) is 0 Å². The molecule has 3 nitrogen and oxygen atoms in total. The lowest BCUT2D eigenvalue weighted by atomic mass is 10.0. The van der Waals surface area contributed by atoms with Crippen molar-refractivity contribution < 1.29 is 14.6 Å². The van der Waals surface area contributed by atoms with Crippen molar-refractivity contribution in [3.05, 3.63) is 23.8 Å². The Kier molecular flexibility index (Phi) is 4.23. The predicted molar refractivity (Wildman–Crippen MR) is 70.8 cm³/mol. The van der Waals surface area contributed by atoms with E-state index in [1.54, 1.807) is 21.6 Å². The number of hydrogen-bond acceptors (Lipinski definition) is 4. The maximum Gasteiger partial charge on any atom is 0.307 e. The Labute approximate surface area is 108 Å². The molecule has 0 bridgehead atoms. The number of aliphatic carboxylic acids is 1. The average Bonchev–Trinajstić information content (AvgIpc) is 2.29. The lowest BCUT2D eigenvalue weighted by molar-refractivity contribution is -0.139. The molecule has 2 rings (SSSR count). The van der Waals surface area contributed by atoms with E-state index in [1.165, 1.54) is 5.56 Å². The number of fused-ring (bicyclic) bond motifs is 1. The third kappa shape index (κ3) is 3.10. The molecule has 17 heavy (non-hydrogen) atoms. The Morgan fingerprint density at radius 3 is 3.12 bits per heavy atom. The summed E-state index contributed by atoms with van der Waals surface area (Å²) in [5.74, 6) is 0.0813. The summed E-state index contributed by atoms with van der Waals surface area (Å²) in [6.45, 7) is 0. The minimum absolute atomic E-state index is 0.0811. The van der Waals surface area contributed by atoms with Crippen molar-refractivity contribution in [1.29, 1.82) is 0 Å². The highest BCUT2D eigenvalue weighted by atomic mass is 33.1. The second kappa shape index (κ2) is 5.69. The highest BCUT2D eigenvalue weighted by Gasteiger charge is 2.24. The van der Waals surface area contributed by atoms with Crippen LogP contribution in [0.25, 0.3) is 0 Å². The Bertz CT molecular complexity index is 420. The molecule has 1 aromatic rings. The van der Waals surface area contributed by atoms with Gasteiger partial charge in [0.2, 0.25) is 0 Å². The van der Waals surface area contributed by atoms with E-state index >= 15 is 0 Å². The third-order valence-corrected chi connectivity index (χ3v) is 4.36. The summed E-state index contributed by atoms with van der Waals surface area (Å²) < 4.78 is 5.81. The van der Waals surface area contributed by atoms with Gasteiger partial charge in [0.05, 0.1) is 11.3 Å². The van der Waals surface area contributed by atoms with Crippen LogP contribution in [0.4, 0.5) is 0 Å². The lowest BCUT2D eigenvalue weighted by Crippen LogP contribution is -2.25. The minimum Gasteiger partial charge on any atom is -0.488 e. The van der Waals surface area contributed by atoms with Crippen molar-refractivity contribution in [2.45, 2.75) is 30.3 Å². The van der Waals surface area contributed by atoms with Gasteiger partial charge in [-0.05, 0) is 30.7 Å². The second-order valence-corrected chi connectivity index (χ2v) is 6.31. The van der Waals surface area contributed by atoms with E-state index in [-0.39, 0.29) is 12.5 Å². The number of para-hydroxylation sites is 1. The molecule has 5 heteroatoms. The van der Waals surface area contributed by atoms with Crippen molar-refractivity contribution in [3.8, 4) is 5.75 Å². The van der Waals surface area contributed by atoms with Crippen LogP contribution >= 0.6 is 21.6 Å². The summed E-state index contributed by atoms with van der Waals surface area (Å²) in [7, 11) is 3.32. The third-order valence-electron chi connectivity index (χ3n) is 2.66. The summed E-state index contributed by atoms with van der Waals surface area (Å²) >= 11 is 0. The van der Waals surface area contributed by atoms with Crippen LogP contribution in [-0.4, -0.2) is 23.4 Å². The summed E-state index contributed by atoms with van der Waals surface area (Å²) in [5.41, 5.74) is 1.19. The maximum absolute atomic E-state index is 10.7. The first-order valence-corrected chi connectivity index (χ1v) is 7.97. The van der Waals surface area contributed by atoms with E-state index in [2.05, 4.69) is 6.07 Å². The molecule has 0 aliphatic carbocycles. The van der Waals surface area contributed by atoms with E-state index in [0.717, 1.165) is 23.5 Å². The molecule has 1 heterocycles. The van der Waals surface area contributed by atoms with Crippen molar-refractivity contribution in [2.24, 2.45) is 0 Å². The first-order valence-electron chi connectivity index (χ1n) is 5.41. The molecule has 1 aliphatic rings. The van der Waals surface area contributed by atoms with Gasteiger partial charge >= 0.3 is 5.97 Å². The highest BCUT2D eigenvalue weighted by molar-refractivity contribution is 8.76. The zero-order valence-corrected chi connectivity index (χ0v) is 11.1. The minimum atomic E-state index is -0.798. The zero-order valence-electron chi connectivity index (χ0n) is 9.51. The number of benzene rings is 1. The molecular formula is C12H14O3S2. The molecule has 0 saturated carbocycles. The average molecular weight is 270 g/mol. The zero-order chi connectivity index (χ0) is 12.3. The van der Waals surface area contributed by atoms with Gasteiger partial charge < -0.3 is 9.84 Å². The molecule has 0 saturated heterocycles. The molecule has 92 valence electrons. The van der Waals surface area contributed by atoms with Crippen molar-refractivity contribution >= 4 is 27.6 Å². The fourth-order valence-corrected chi connectivity index (χ4v) is 3.43. The summed E-state index contributed by atoms with van der Waals surface area (Å²) in [4.78, 5) is 11.8. The normalized spacial score (nSPS) is 18.3. The van der Waals surface area contributed by atoms with Crippen LogP contribution in [0.5, 0.6) is 5.75 Å². The molecule has 0 fully saturated rings. The van der Waals surface area contributed by atoms with Crippen LogP contribution in [0, 0.1) is 0 Å². The SMILES string of the molecule is CSSc1cccc2c1OC(CC(=O)O)CC2. The number of carboxylic acids is 1. The van der Waals surface area contributed by atoms with Gasteiger partial charge in [0, 0.05) is 0 Å². The monoisotopic (exact) mass is 270 g/mol. The first kappa shape index (κ1) is 12.6. The smallest absolute Gasteiger partial charge is 0.307 e. The van der Waals surface area contributed by atoms with E-state index in [1.807, 2.05) is 18.4 Å². The first-order chi connectivity index (χ1) is 8.20. The van der Waals surface area contributed by atoms with Gasteiger partial charge in [-0.25, -0.2) is 0 Å². The van der Waals surface area contributed by atoms with Gasteiger partial charge in [-0.1, -0.05) is 33.7 Å². The topological polar surface area (TPSA) is 46.5 Å². The van der Waals surface area contributed by atoms with Crippen molar-refractivity contribution in [2.75, 3.05) is 6.26 Å². The predicted octanol–water partition coefficient (Wildman–Crippen LogP) is 3.23. The molecule has 0 aromatic heterocycles. The van der Waals surface area contributed by atoms with E-state index in [9.17, 15) is 4.79 Å². The van der Waals surface area contributed by atoms with Gasteiger partial charge in [0.15, 0.2) is 0 Å². The number of carbonyl (C=O) groups is 1. The fraction of sp³-hybridized carbons (Fsp3) is 0.417. The molecule has 0 amide bonds. The van der Waals surface area contributed by atoms with Gasteiger partial charge in [0.1, 0.15) is 11.9 Å². The Balaban J connectivity index is 2.19. The summed E-state index contributed by atoms with van der Waals surface area (Å²) in [5, 5.41) is 8.80. The maximum atomic E-state index is 10.7. The van der Waals surface area contributed by atoms with E-state index < -0.39 is 5.97 Å². The fourth-order valence-electron chi connectivity index (χ4n) is 1.93. The van der Waals surface area contributed by atoms with E-state index in [0.29, 0.717) is 0 Å². The summed E-state index contributed by atoms with van der Waals surface area (Å²) in [6.07, 6.45) is 3.59. The van der Waals surface area contributed by atoms with Crippen molar-refractivity contribution in [3.63, 3.8) is 0 Å². The van der Waals surface area contributed by atoms with Crippen LogP contribution in [0.15, 0.2) is 23.1 Å². The number of carboxylic acid groups (broad SMARTS) is 1. The molecule has 1 aromatic carbocycles. The van der Waals surface area contributed by atoms with Crippen LogP contribution < -0.4 is 4.74 Å². The quantitative estimate of drug-likeness (QED) is 0.851. The van der Waals surface area contributed by atoms with Gasteiger partial charge in [-0.15, -0.1) is 0 Å². The number of hydrogen-bond donors (Lipinski definition) is 1. The van der Waals surface area contributed by atoms with E-state index in [4.69, 9.17) is 9.84 Å². The highest BCUT2D eigenvalue weighted by Crippen LogP contribution is 2.41.